The molecule has 0 spiro atoms. The lowest BCUT2D eigenvalue weighted by Gasteiger charge is -2.18. The van der Waals surface area contributed by atoms with E-state index in [4.69, 9.17) is 10.8 Å². The Balaban J connectivity index is 2.87. The van der Waals surface area contributed by atoms with Crippen molar-refractivity contribution in [3.05, 3.63) is 23.8 Å². The zero-order chi connectivity index (χ0) is 13.7. The standard InChI is InChI=1S/C12H19N3O3/c1-15(2)11-4-3-8(13)5-10(11)12(18)14-6-9(17)7-16/h3-5,9,16-17H,6-7,13H2,1-2H3,(H,14,18). The van der Waals surface area contributed by atoms with Crippen molar-refractivity contribution in [3.63, 3.8) is 0 Å². The minimum absolute atomic E-state index is 0.00298. The van der Waals surface area contributed by atoms with E-state index in [0.29, 0.717) is 11.3 Å². The van der Waals surface area contributed by atoms with E-state index in [9.17, 15) is 9.90 Å². The van der Waals surface area contributed by atoms with Gasteiger partial charge in [0.15, 0.2) is 0 Å². The number of carbonyl (C=O) groups excluding carboxylic acids is 1. The van der Waals surface area contributed by atoms with Gasteiger partial charge < -0.3 is 26.2 Å². The normalized spacial score (nSPS) is 12.0. The van der Waals surface area contributed by atoms with Gasteiger partial charge in [-0.1, -0.05) is 0 Å². The van der Waals surface area contributed by atoms with E-state index >= 15 is 0 Å². The Bertz CT molecular complexity index is 421. The van der Waals surface area contributed by atoms with E-state index in [2.05, 4.69) is 5.32 Å². The third-order valence-corrected chi connectivity index (χ3v) is 2.46. The van der Waals surface area contributed by atoms with E-state index in [1.165, 1.54) is 0 Å². The van der Waals surface area contributed by atoms with Crippen LogP contribution in [0, 0.1) is 0 Å². The predicted octanol–water partition coefficient (Wildman–Crippen LogP) is -0.582. The quantitative estimate of drug-likeness (QED) is 0.526. The first kappa shape index (κ1) is 14.3. The van der Waals surface area contributed by atoms with E-state index in [1.807, 2.05) is 14.1 Å². The number of aliphatic hydroxyl groups excluding tert-OH is 2. The first-order chi connectivity index (χ1) is 8.45. The summed E-state index contributed by atoms with van der Waals surface area (Å²) in [5.74, 6) is -0.335. The minimum atomic E-state index is -0.960. The van der Waals surface area contributed by atoms with Gasteiger partial charge in [-0.15, -0.1) is 0 Å². The van der Waals surface area contributed by atoms with Crippen LogP contribution in [0.3, 0.4) is 0 Å². The number of benzene rings is 1. The van der Waals surface area contributed by atoms with Crippen molar-refractivity contribution in [3.8, 4) is 0 Å². The number of hydrogen-bond acceptors (Lipinski definition) is 5. The Morgan fingerprint density at radius 1 is 1.50 bits per heavy atom. The molecule has 1 aromatic carbocycles. The topological polar surface area (TPSA) is 98.8 Å². The van der Waals surface area contributed by atoms with Gasteiger partial charge in [-0.3, -0.25) is 4.79 Å². The van der Waals surface area contributed by atoms with Gasteiger partial charge in [-0.2, -0.15) is 0 Å². The molecule has 1 amide bonds. The van der Waals surface area contributed by atoms with Crippen LogP contribution in [-0.4, -0.2) is 49.5 Å². The van der Waals surface area contributed by atoms with Gasteiger partial charge >= 0.3 is 0 Å². The predicted molar refractivity (Wildman–Crippen MR) is 70.6 cm³/mol. The molecule has 0 aliphatic rings. The van der Waals surface area contributed by atoms with Gasteiger partial charge in [0.25, 0.3) is 5.91 Å². The second-order valence-corrected chi connectivity index (χ2v) is 4.22. The summed E-state index contributed by atoms with van der Waals surface area (Å²) in [6.07, 6.45) is -0.960. The number of nitrogens with zero attached hydrogens (tertiary/aromatic N) is 1. The van der Waals surface area contributed by atoms with E-state index in [-0.39, 0.29) is 12.5 Å². The molecule has 0 aliphatic heterocycles. The lowest BCUT2D eigenvalue weighted by molar-refractivity contribution is 0.0802. The molecule has 0 aliphatic carbocycles. The molecule has 1 rings (SSSR count). The maximum absolute atomic E-state index is 12.0. The van der Waals surface area contributed by atoms with Crippen LogP contribution in [-0.2, 0) is 0 Å². The number of carbonyl (C=O) groups is 1. The average molecular weight is 253 g/mol. The number of nitrogens with two attached hydrogens (primary N) is 1. The molecule has 0 aromatic heterocycles. The molecule has 18 heavy (non-hydrogen) atoms. The summed E-state index contributed by atoms with van der Waals surface area (Å²) in [7, 11) is 3.65. The van der Waals surface area contributed by atoms with Crippen molar-refractivity contribution in [1.29, 1.82) is 0 Å². The highest BCUT2D eigenvalue weighted by atomic mass is 16.3. The molecular weight excluding hydrogens is 234 g/mol. The lowest BCUT2D eigenvalue weighted by atomic mass is 10.1. The molecule has 5 N–H and O–H groups in total. The third kappa shape index (κ3) is 3.61. The number of nitrogens with one attached hydrogen (secondary N) is 1. The second kappa shape index (κ2) is 6.23. The first-order valence-corrected chi connectivity index (χ1v) is 5.59. The molecule has 0 saturated carbocycles. The van der Waals surface area contributed by atoms with Crippen LogP contribution in [0.4, 0.5) is 11.4 Å². The van der Waals surface area contributed by atoms with Crippen molar-refractivity contribution >= 4 is 17.3 Å². The molecule has 0 fully saturated rings. The molecule has 1 atom stereocenters. The van der Waals surface area contributed by atoms with Crippen LogP contribution in [0.25, 0.3) is 0 Å². The molecule has 0 bridgehead atoms. The van der Waals surface area contributed by atoms with E-state index < -0.39 is 12.7 Å². The van der Waals surface area contributed by atoms with E-state index in [0.717, 1.165) is 5.69 Å². The highest BCUT2D eigenvalue weighted by molar-refractivity contribution is 6.00. The Morgan fingerprint density at radius 2 is 2.17 bits per heavy atom. The number of rotatable bonds is 5. The van der Waals surface area contributed by atoms with Gasteiger partial charge in [0.2, 0.25) is 0 Å². The van der Waals surface area contributed by atoms with Crippen molar-refractivity contribution in [2.45, 2.75) is 6.10 Å². The van der Waals surface area contributed by atoms with Crippen molar-refractivity contribution in [2.24, 2.45) is 0 Å². The second-order valence-electron chi connectivity index (χ2n) is 4.22. The first-order valence-electron chi connectivity index (χ1n) is 5.59. The fourth-order valence-corrected chi connectivity index (χ4v) is 1.50. The maximum Gasteiger partial charge on any atom is 0.253 e. The molecule has 100 valence electrons. The van der Waals surface area contributed by atoms with Gasteiger partial charge in [0.05, 0.1) is 18.3 Å². The summed E-state index contributed by atoms with van der Waals surface area (Å²) in [6, 6.07) is 5.05. The summed E-state index contributed by atoms with van der Waals surface area (Å²) >= 11 is 0. The fourth-order valence-electron chi connectivity index (χ4n) is 1.50. The number of nitrogen functional groups attached to an aromatic ring is 1. The van der Waals surface area contributed by atoms with Gasteiger partial charge in [0, 0.05) is 32.0 Å². The zero-order valence-electron chi connectivity index (χ0n) is 10.6. The molecular formula is C12H19N3O3. The van der Waals surface area contributed by atoms with Gasteiger partial charge in [-0.05, 0) is 18.2 Å². The summed E-state index contributed by atoms with van der Waals surface area (Å²) in [4.78, 5) is 13.8. The number of hydrogen-bond donors (Lipinski definition) is 4. The van der Waals surface area contributed by atoms with Crippen LogP contribution in [0.5, 0.6) is 0 Å². The fraction of sp³-hybridized carbons (Fsp3) is 0.417. The average Bonchev–Trinajstić information content (AvgIpc) is 2.34. The molecule has 1 unspecified atom stereocenters. The monoisotopic (exact) mass is 253 g/mol. The Kier molecular flexibility index (Phi) is 4.94. The third-order valence-electron chi connectivity index (χ3n) is 2.46. The lowest BCUT2D eigenvalue weighted by Crippen LogP contribution is -2.34. The molecule has 1 aromatic rings. The molecule has 0 heterocycles. The summed E-state index contributed by atoms with van der Waals surface area (Å²) in [6.45, 7) is -0.394. The van der Waals surface area contributed by atoms with Crippen molar-refractivity contribution in [2.75, 3.05) is 37.9 Å². The van der Waals surface area contributed by atoms with Crippen LogP contribution in [0.1, 0.15) is 10.4 Å². The number of aliphatic hydroxyl groups is 2. The summed E-state index contributed by atoms with van der Waals surface area (Å²) in [5, 5.41) is 20.4. The molecule has 0 saturated heterocycles. The maximum atomic E-state index is 12.0. The molecule has 0 radical (unpaired) electrons. The smallest absolute Gasteiger partial charge is 0.253 e. The van der Waals surface area contributed by atoms with E-state index in [1.54, 1.807) is 23.1 Å². The van der Waals surface area contributed by atoms with Gasteiger partial charge in [0.1, 0.15) is 0 Å². The van der Waals surface area contributed by atoms with Crippen LogP contribution < -0.4 is 16.0 Å². The minimum Gasteiger partial charge on any atom is -0.399 e. The van der Waals surface area contributed by atoms with Crippen LogP contribution in [0.2, 0.25) is 0 Å². The molecule has 6 nitrogen and oxygen atoms in total. The summed E-state index contributed by atoms with van der Waals surface area (Å²) < 4.78 is 0. The number of amides is 1. The highest BCUT2D eigenvalue weighted by Crippen LogP contribution is 2.21. The van der Waals surface area contributed by atoms with Crippen LogP contribution >= 0.6 is 0 Å². The number of anilines is 2. The SMILES string of the molecule is CN(C)c1ccc(N)cc1C(=O)NCC(O)CO. The Hall–Kier alpha value is -1.79. The van der Waals surface area contributed by atoms with Gasteiger partial charge in [-0.25, -0.2) is 0 Å². The highest BCUT2D eigenvalue weighted by Gasteiger charge is 2.14. The van der Waals surface area contributed by atoms with Crippen LogP contribution in [0.15, 0.2) is 18.2 Å². The zero-order valence-corrected chi connectivity index (χ0v) is 10.6. The summed E-state index contributed by atoms with van der Waals surface area (Å²) in [5.41, 5.74) is 7.33. The van der Waals surface area contributed by atoms with Crippen molar-refractivity contribution in [1.82, 2.24) is 5.32 Å². The van der Waals surface area contributed by atoms with Crippen molar-refractivity contribution < 1.29 is 15.0 Å². The Morgan fingerprint density at radius 3 is 2.72 bits per heavy atom. The Labute approximate surface area is 106 Å². The molecule has 6 heteroatoms. The largest absolute Gasteiger partial charge is 0.399 e.